The van der Waals surface area contributed by atoms with E-state index in [-0.39, 0.29) is 0 Å². The highest BCUT2D eigenvalue weighted by Gasteiger charge is 2.26. The number of likely N-dealkylation sites (tertiary alicyclic amines) is 2. The van der Waals surface area contributed by atoms with Crippen molar-refractivity contribution in [2.24, 2.45) is 7.05 Å². The van der Waals surface area contributed by atoms with Gasteiger partial charge in [-0.3, -0.25) is 9.58 Å². The van der Waals surface area contributed by atoms with Gasteiger partial charge in [0.2, 0.25) is 0 Å². The first-order valence-electron chi connectivity index (χ1n) is 8.29. The molecule has 118 valence electrons. The zero-order chi connectivity index (χ0) is 14.8. The van der Waals surface area contributed by atoms with Crippen molar-refractivity contribution in [1.29, 1.82) is 0 Å². The molecule has 0 unspecified atom stereocenters. The van der Waals surface area contributed by atoms with Crippen LogP contribution in [0.5, 0.6) is 0 Å². The van der Waals surface area contributed by atoms with Crippen LogP contribution in [0.15, 0.2) is 4.47 Å². The van der Waals surface area contributed by atoms with Crippen molar-refractivity contribution < 1.29 is 0 Å². The molecule has 0 aliphatic carbocycles. The summed E-state index contributed by atoms with van der Waals surface area (Å²) in [7, 11) is 2.05. The fraction of sp³-hybridized carbons (Fsp3) is 0.812. The third-order valence-electron chi connectivity index (χ3n) is 5.10. The third-order valence-corrected chi connectivity index (χ3v) is 6.13. The maximum atomic E-state index is 4.50. The Morgan fingerprint density at radius 2 is 1.76 bits per heavy atom. The normalized spacial score (nSPS) is 22.8. The molecule has 0 amide bonds. The summed E-state index contributed by atoms with van der Waals surface area (Å²) >= 11 is 3.68. The minimum atomic E-state index is 0.832. The van der Waals surface area contributed by atoms with Gasteiger partial charge in [0.15, 0.2) is 0 Å². The molecule has 0 aromatic carbocycles. The predicted molar refractivity (Wildman–Crippen MR) is 89.4 cm³/mol. The van der Waals surface area contributed by atoms with E-state index in [1.165, 1.54) is 68.4 Å². The summed E-state index contributed by atoms with van der Waals surface area (Å²) < 4.78 is 3.21. The fourth-order valence-electron chi connectivity index (χ4n) is 3.79. The van der Waals surface area contributed by atoms with Crippen molar-refractivity contribution in [1.82, 2.24) is 19.6 Å². The van der Waals surface area contributed by atoms with Crippen LogP contribution in [0.2, 0.25) is 0 Å². The van der Waals surface area contributed by atoms with Crippen LogP contribution in [0.1, 0.15) is 43.5 Å². The number of aryl methyl sites for hydroxylation is 2. The maximum Gasteiger partial charge on any atom is 0.0739 e. The second-order valence-electron chi connectivity index (χ2n) is 6.57. The van der Waals surface area contributed by atoms with Gasteiger partial charge < -0.3 is 4.90 Å². The van der Waals surface area contributed by atoms with Crippen LogP contribution in [-0.4, -0.2) is 51.8 Å². The molecule has 5 heteroatoms. The first-order valence-corrected chi connectivity index (χ1v) is 9.09. The lowest BCUT2D eigenvalue weighted by Crippen LogP contribution is -2.46. The van der Waals surface area contributed by atoms with E-state index in [0.29, 0.717) is 0 Å². The molecular formula is C16H27BrN4. The van der Waals surface area contributed by atoms with E-state index < -0.39 is 0 Å². The Hall–Kier alpha value is -0.390. The molecule has 21 heavy (non-hydrogen) atoms. The molecule has 4 nitrogen and oxygen atoms in total. The lowest BCUT2D eigenvalue weighted by Gasteiger charge is -2.40. The number of hydrogen-bond acceptors (Lipinski definition) is 3. The number of halogens is 1. The van der Waals surface area contributed by atoms with Gasteiger partial charge in [-0.2, -0.15) is 5.10 Å². The molecule has 1 aromatic heterocycles. The van der Waals surface area contributed by atoms with Gasteiger partial charge in [-0.15, -0.1) is 0 Å². The Morgan fingerprint density at radius 3 is 2.33 bits per heavy atom. The number of rotatable bonds is 3. The monoisotopic (exact) mass is 354 g/mol. The Labute approximate surface area is 136 Å². The van der Waals surface area contributed by atoms with Crippen molar-refractivity contribution >= 4 is 15.9 Å². The zero-order valence-corrected chi connectivity index (χ0v) is 14.9. The molecule has 0 atom stereocenters. The summed E-state index contributed by atoms with van der Waals surface area (Å²) in [5, 5.41) is 4.50. The molecule has 0 N–H and O–H groups in total. The first-order chi connectivity index (χ1) is 10.1. The van der Waals surface area contributed by atoms with Gasteiger partial charge in [-0.1, -0.05) is 6.42 Å². The molecule has 0 radical (unpaired) electrons. The SMILES string of the molecule is Cc1nn(C)c(CN2CCC(N3CCCCC3)CC2)c1Br. The number of hydrogen-bond donors (Lipinski definition) is 0. The molecule has 0 bridgehead atoms. The van der Waals surface area contributed by atoms with E-state index in [1.807, 2.05) is 11.7 Å². The van der Waals surface area contributed by atoms with E-state index in [2.05, 4.69) is 37.8 Å². The fourth-order valence-corrected chi connectivity index (χ4v) is 4.25. The Morgan fingerprint density at radius 1 is 1.10 bits per heavy atom. The van der Waals surface area contributed by atoms with Crippen molar-refractivity contribution in [2.45, 2.75) is 51.6 Å². The first kappa shape index (κ1) is 15.5. The van der Waals surface area contributed by atoms with Crippen molar-refractivity contribution in [2.75, 3.05) is 26.2 Å². The van der Waals surface area contributed by atoms with Gasteiger partial charge in [-0.25, -0.2) is 0 Å². The third kappa shape index (κ3) is 3.51. The van der Waals surface area contributed by atoms with Gasteiger partial charge >= 0.3 is 0 Å². The molecule has 0 spiro atoms. The lowest BCUT2D eigenvalue weighted by atomic mass is 10.00. The number of nitrogens with zero attached hydrogens (tertiary/aromatic N) is 4. The van der Waals surface area contributed by atoms with Crippen LogP contribution in [0, 0.1) is 6.92 Å². The topological polar surface area (TPSA) is 24.3 Å². The largest absolute Gasteiger partial charge is 0.300 e. The highest BCUT2D eigenvalue weighted by atomic mass is 79.9. The second kappa shape index (κ2) is 6.80. The summed E-state index contributed by atoms with van der Waals surface area (Å²) in [6.45, 7) is 8.19. The summed E-state index contributed by atoms with van der Waals surface area (Å²) in [4.78, 5) is 5.33. The van der Waals surface area contributed by atoms with E-state index in [4.69, 9.17) is 0 Å². The van der Waals surface area contributed by atoms with Crippen LogP contribution >= 0.6 is 15.9 Å². The second-order valence-corrected chi connectivity index (χ2v) is 7.37. The van der Waals surface area contributed by atoms with E-state index >= 15 is 0 Å². The van der Waals surface area contributed by atoms with Gasteiger partial charge in [0, 0.05) is 32.7 Å². The van der Waals surface area contributed by atoms with Gasteiger partial charge in [-0.05, 0) is 61.6 Å². The minimum Gasteiger partial charge on any atom is -0.300 e. The van der Waals surface area contributed by atoms with Crippen molar-refractivity contribution in [3.05, 3.63) is 15.9 Å². The molecule has 1 aromatic rings. The average molecular weight is 355 g/mol. The number of aromatic nitrogens is 2. The minimum absolute atomic E-state index is 0.832. The molecule has 2 aliphatic heterocycles. The summed E-state index contributed by atoms with van der Waals surface area (Å²) in [6, 6.07) is 0.832. The standard InChI is InChI=1S/C16H27BrN4/c1-13-16(17)15(19(2)18-13)12-20-10-6-14(7-11-20)21-8-4-3-5-9-21/h14H,3-12H2,1-2H3. The Balaban J connectivity index is 1.53. The maximum absolute atomic E-state index is 4.50. The summed E-state index contributed by atoms with van der Waals surface area (Å²) in [5.74, 6) is 0. The van der Waals surface area contributed by atoms with E-state index in [0.717, 1.165) is 18.3 Å². The Bertz CT molecular complexity index is 471. The average Bonchev–Trinajstić information content (AvgIpc) is 2.75. The molecule has 2 saturated heterocycles. The van der Waals surface area contributed by atoms with Gasteiger partial charge in [0.25, 0.3) is 0 Å². The van der Waals surface area contributed by atoms with Crippen LogP contribution in [0.3, 0.4) is 0 Å². The number of piperidine rings is 2. The smallest absolute Gasteiger partial charge is 0.0739 e. The van der Waals surface area contributed by atoms with Crippen molar-refractivity contribution in [3.63, 3.8) is 0 Å². The lowest BCUT2D eigenvalue weighted by molar-refractivity contribution is 0.0885. The molecule has 2 fully saturated rings. The van der Waals surface area contributed by atoms with Gasteiger partial charge in [0.1, 0.15) is 0 Å². The van der Waals surface area contributed by atoms with Gasteiger partial charge in [0.05, 0.1) is 15.9 Å². The molecule has 3 heterocycles. The van der Waals surface area contributed by atoms with E-state index in [9.17, 15) is 0 Å². The quantitative estimate of drug-likeness (QED) is 0.833. The van der Waals surface area contributed by atoms with Crippen LogP contribution in [-0.2, 0) is 13.6 Å². The van der Waals surface area contributed by atoms with Crippen molar-refractivity contribution in [3.8, 4) is 0 Å². The highest BCUT2D eigenvalue weighted by Crippen LogP contribution is 2.25. The highest BCUT2D eigenvalue weighted by molar-refractivity contribution is 9.10. The molecule has 2 aliphatic rings. The zero-order valence-electron chi connectivity index (χ0n) is 13.3. The molecule has 3 rings (SSSR count). The molecular weight excluding hydrogens is 328 g/mol. The van der Waals surface area contributed by atoms with Crippen LogP contribution in [0.4, 0.5) is 0 Å². The van der Waals surface area contributed by atoms with Crippen LogP contribution < -0.4 is 0 Å². The molecule has 0 saturated carbocycles. The Kier molecular flexibility index (Phi) is 5.02. The predicted octanol–water partition coefficient (Wildman–Crippen LogP) is 2.94. The van der Waals surface area contributed by atoms with Crippen LogP contribution in [0.25, 0.3) is 0 Å². The van der Waals surface area contributed by atoms with E-state index in [1.54, 1.807) is 0 Å². The summed E-state index contributed by atoms with van der Waals surface area (Å²) in [5.41, 5.74) is 2.40. The summed E-state index contributed by atoms with van der Waals surface area (Å²) in [6.07, 6.45) is 6.90.